The molecule has 0 bridgehead atoms. The SMILES string of the molecule is Cc1nc(C2(c3ccccc3)CCN(C(=O)[C@H]3CC[C@H](N)[C@@H](O)C3)CC2)cs1.Cl. The lowest BCUT2D eigenvalue weighted by molar-refractivity contribution is -0.139. The molecule has 1 aromatic carbocycles. The van der Waals surface area contributed by atoms with Gasteiger partial charge in [-0.1, -0.05) is 30.3 Å². The van der Waals surface area contributed by atoms with Crippen molar-refractivity contribution in [2.45, 2.75) is 56.6 Å². The summed E-state index contributed by atoms with van der Waals surface area (Å²) in [5.74, 6) is 0.0858. The molecule has 0 unspecified atom stereocenters. The molecule has 1 aliphatic carbocycles. The van der Waals surface area contributed by atoms with Crippen LogP contribution in [0.2, 0.25) is 0 Å². The number of hydrogen-bond acceptors (Lipinski definition) is 5. The maximum Gasteiger partial charge on any atom is 0.225 e. The van der Waals surface area contributed by atoms with Gasteiger partial charge in [-0.05, 0) is 44.6 Å². The third-order valence-electron chi connectivity index (χ3n) is 6.58. The molecule has 7 heteroatoms. The molecule has 0 radical (unpaired) electrons. The zero-order chi connectivity index (χ0) is 19.7. The number of aliphatic hydroxyl groups excluding tert-OH is 1. The minimum absolute atomic E-state index is 0. The number of carbonyl (C=O) groups excluding carboxylic acids is 1. The van der Waals surface area contributed by atoms with Gasteiger partial charge in [-0.3, -0.25) is 4.79 Å². The Balaban J connectivity index is 0.00000240. The van der Waals surface area contributed by atoms with Crippen molar-refractivity contribution >= 4 is 29.7 Å². The Bertz CT molecular complexity index is 820. The van der Waals surface area contributed by atoms with E-state index in [4.69, 9.17) is 10.7 Å². The fourth-order valence-corrected chi connectivity index (χ4v) is 5.51. The van der Waals surface area contributed by atoms with E-state index in [1.54, 1.807) is 11.3 Å². The van der Waals surface area contributed by atoms with Gasteiger partial charge in [0, 0.05) is 35.8 Å². The second kappa shape index (κ2) is 9.13. The van der Waals surface area contributed by atoms with Crippen molar-refractivity contribution in [1.29, 1.82) is 0 Å². The Morgan fingerprint density at radius 1 is 1.24 bits per heavy atom. The van der Waals surface area contributed by atoms with Gasteiger partial charge in [0.05, 0.1) is 16.8 Å². The highest BCUT2D eigenvalue weighted by Gasteiger charge is 2.42. The standard InChI is InChI=1S/C22H29N3O2S.ClH/c1-15-24-20(14-28-15)22(17-5-3-2-4-6-17)9-11-25(12-10-22)21(27)16-7-8-18(23)19(26)13-16;/h2-6,14,16,18-19,26H,7-13,23H2,1H3;1H/t16-,18-,19-;/m0./s1. The number of likely N-dealkylation sites (tertiary alicyclic amines) is 1. The Morgan fingerprint density at radius 3 is 2.52 bits per heavy atom. The number of aromatic nitrogens is 1. The van der Waals surface area contributed by atoms with Gasteiger partial charge >= 0.3 is 0 Å². The summed E-state index contributed by atoms with van der Waals surface area (Å²) in [5.41, 5.74) is 8.19. The van der Waals surface area contributed by atoms with Gasteiger partial charge in [-0.15, -0.1) is 23.7 Å². The van der Waals surface area contributed by atoms with E-state index in [-0.39, 0.29) is 35.7 Å². The van der Waals surface area contributed by atoms with Crippen molar-refractivity contribution in [2.24, 2.45) is 11.7 Å². The van der Waals surface area contributed by atoms with Crippen LogP contribution in [0.5, 0.6) is 0 Å². The second-order valence-corrected chi connectivity index (χ2v) is 9.33. The maximum absolute atomic E-state index is 13.1. The molecule has 1 saturated heterocycles. The van der Waals surface area contributed by atoms with E-state index in [0.29, 0.717) is 6.42 Å². The lowest BCUT2D eigenvalue weighted by Gasteiger charge is -2.43. The number of amides is 1. The Morgan fingerprint density at radius 2 is 1.93 bits per heavy atom. The molecule has 0 spiro atoms. The average Bonchev–Trinajstić information content (AvgIpc) is 3.17. The summed E-state index contributed by atoms with van der Waals surface area (Å²) < 4.78 is 0. The number of aliphatic hydroxyl groups is 1. The molecule has 1 saturated carbocycles. The number of benzene rings is 1. The van der Waals surface area contributed by atoms with Crippen LogP contribution in [0, 0.1) is 12.8 Å². The summed E-state index contributed by atoms with van der Waals surface area (Å²) in [7, 11) is 0. The van der Waals surface area contributed by atoms with E-state index in [1.807, 2.05) is 17.9 Å². The van der Waals surface area contributed by atoms with Gasteiger partial charge in [-0.25, -0.2) is 4.98 Å². The number of halogens is 1. The molecular formula is C22H30ClN3O2S. The number of thiazole rings is 1. The highest BCUT2D eigenvalue weighted by molar-refractivity contribution is 7.09. The van der Waals surface area contributed by atoms with E-state index in [9.17, 15) is 9.90 Å². The summed E-state index contributed by atoms with van der Waals surface area (Å²) in [4.78, 5) is 19.9. The average molecular weight is 436 g/mol. The van der Waals surface area contributed by atoms with Crippen LogP contribution in [-0.2, 0) is 10.2 Å². The molecule has 2 aliphatic rings. The van der Waals surface area contributed by atoms with Gasteiger partial charge in [0.25, 0.3) is 0 Å². The maximum atomic E-state index is 13.1. The van der Waals surface area contributed by atoms with Crippen molar-refractivity contribution in [3.8, 4) is 0 Å². The summed E-state index contributed by atoms with van der Waals surface area (Å²) in [6, 6.07) is 10.4. The molecule has 1 aliphatic heterocycles. The minimum Gasteiger partial charge on any atom is -0.391 e. The second-order valence-electron chi connectivity index (χ2n) is 8.27. The topological polar surface area (TPSA) is 79.5 Å². The first-order chi connectivity index (χ1) is 13.5. The minimum atomic E-state index is -0.561. The van der Waals surface area contributed by atoms with Crippen LogP contribution in [0.4, 0.5) is 0 Å². The molecular weight excluding hydrogens is 406 g/mol. The van der Waals surface area contributed by atoms with E-state index < -0.39 is 6.10 Å². The number of nitrogens with two attached hydrogens (primary N) is 1. The number of aryl methyl sites for hydroxylation is 1. The normalized spacial score (nSPS) is 26.6. The monoisotopic (exact) mass is 435 g/mol. The molecule has 29 heavy (non-hydrogen) atoms. The summed E-state index contributed by atoms with van der Waals surface area (Å²) in [6.45, 7) is 3.50. The lowest BCUT2D eigenvalue weighted by Crippen LogP contribution is -2.50. The van der Waals surface area contributed by atoms with Gasteiger partial charge in [-0.2, -0.15) is 0 Å². The molecule has 2 fully saturated rings. The number of piperidine rings is 1. The molecule has 3 N–H and O–H groups in total. The van der Waals surface area contributed by atoms with Crippen LogP contribution in [0.15, 0.2) is 35.7 Å². The van der Waals surface area contributed by atoms with Crippen LogP contribution in [0.1, 0.15) is 48.4 Å². The first-order valence-electron chi connectivity index (χ1n) is 10.2. The molecule has 158 valence electrons. The zero-order valence-corrected chi connectivity index (χ0v) is 18.4. The van der Waals surface area contributed by atoms with E-state index >= 15 is 0 Å². The number of rotatable bonds is 3. The third-order valence-corrected chi connectivity index (χ3v) is 7.36. The lowest BCUT2D eigenvalue weighted by atomic mass is 9.70. The third kappa shape index (κ3) is 4.36. The fraction of sp³-hybridized carbons (Fsp3) is 0.545. The number of hydrogen-bond donors (Lipinski definition) is 2. The van der Waals surface area contributed by atoms with Crippen LogP contribution >= 0.6 is 23.7 Å². The zero-order valence-electron chi connectivity index (χ0n) is 16.8. The molecule has 2 heterocycles. The van der Waals surface area contributed by atoms with E-state index in [1.165, 1.54) is 5.56 Å². The summed E-state index contributed by atoms with van der Waals surface area (Å²) in [6.07, 6.45) is 3.18. The quantitative estimate of drug-likeness (QED) is 0.775. The van der Waals surface area contributed by atoms with Crippen LogP contribution in [0.3, 0.4) is 0 Å². The predicted molar refractivity (Wildman–Crippen MR) is 118 cm³/mol. The van der Waals surface area contributed by atoms with Crippen molar-refractivity contribution < 1.29 is 9.90 Å². The van der Waals surface area contributed by atoms with Crippen LogP contribution < -0.4 is 5.73 Å². The van der Waals surface area contributed by atoms with Crippen LogP contribution in [-0.4, -0.2) is 46.1 Å². The molecule has 2 aromatic rings. The van der Waals surface area contributed by atoms with E-state index in [0.717, 1.165) is 49.5 Å². The molecule has 4 rings (SSSR count). The van der Waals surface area contributed by atoms with Gasteiger partial charge < -0.3 is 15.7 Å². The van der Waals surface area contributed by atoms with Gasteiger partial charge in [0.15, 0.2) is 0 Å². The van der Waals surface area contributed by atoms with Gasteiger partial charge in [0.2, 0.25) is 5.91 Å². The van der Waals surface area contributed by atoms with Crippen molar-refractivity contribution in [3.05, 3.63) is 52.0 Å². The molecule has 3 atom stereocenters. The number of carbonyl (C=O) groups is 1. The smallest absolute Gasteiger partial charge is 0.225 e. The molecule has 1 amide bonds. The Kier molecular flexibility index (Phi) is 6.99. The highest BCUT2D eigenvalue weighted by atomic mass is 35.5. The van der Waals surface area contributed by atoms with Crippen LogP contribution in [0.25, 0.3) is 0 Å². The summed E-state index contributed by atoms with van der Waals surface area (Å²) in [5, 5.41) is 13.3. The molecule has 1 aromatic heterocycles. The largest absolute Gasteiger partial charge is 0.391 e. The van der Waals surface area contributed by atoms with Gasteiger partial charge in [0.1, 0.15) is 0 Å². The van der Waals surface area contributed by atoms with Crippen molar-refractivity contribution in [3.63, 3.8) is 0 Å². The van der Waals surface area contributed by atoms with E-state index in [2.05, 4.69) is 29.6 Å². The van der Waals surface area contributed by atoms with Crippen molar-refractivity contribution in [2.75, 3.05) is 13.1 Å². The Hall–Kier alpha value is -1.47. The predicted octanol–water partition coefficient (Wildman–Crippen LogP) is 3.27. The summed E-state index contributed by atoms with van der Waals surface area (Å²) >= 11 is 1.69. The first kappa shape index (κ1) is 22.2. The fourth-order valence-electron chi connectivity index (χ4n) is 4.79. The highest BCUT2D eigenvalue weighted by Crippen LogP contribution is 2.42. The van der Waals surface area contributed by atoms with Crippen molar-refractivity contribution in [1.82, 2.24) is 9.88 Å². The first-order valence-corrected chi connectivity index (χ1v) is 11.1. The Labute approximate surface area is 182 Å². The molecule has 5 nitrogen and oxygen atoms in total. The number of nitrogens with zero attached hydrogens (tertiary/aromatic N) is 2.